The summed E-state index contributed by atoms with van der Waals surface area (Å²) in [6.07, 6.45) is 1.62. The van der Waals surface area contributed by atoms with Gasteiger partial charge in [-0.2, -0.15) is 0 Å². The smallest absolute Gasteiger partial charge is 0.311 e. The standard InChI is InChI=1S/C22H22O5/c1-4-15-5-7-16(8-6-15)22(24)14(2)27-21(23)11-17-13-26-20-12-18(25-3)9-10-19(17)20/h5-10,12-14H,4,11H2,1-3H3/t14-/m0/s1. The summed E-state index contributed by atoms with van der Waals surface area (Å²) in [5.74, 6) is -0.00776. The summed E-state index contributed by atoms with van der Waals surface area (Å²) in [5, 5.41) is 0.821. The van der Waals surface area contributed by atoms with Crippen LogP contribution in [0.1, 0.15) is 35.3 Å². The number of Topliss-reactive ketones (excluding diaryl/α,β-unsaturated/α-hetero) is 1. The van der Waals surface area contributed by atoms with Gasteiger partial charge in [0.05, 0.1) is 19.8 Å². The molecule has 0 N–H and O–H groups in total. The molecule has 1 aromatic heterocycles. The molecule has 0 bridgehead atoms. The molecular formula is C22H22O5. The summed E-state index contributed by atoms with van der Waals surface area (Å²) < 4.78 is 16.0. The maximum atomic E-state index is 12.5. The number of methoxy groups -OCH3 is 1. The van der Waals surface area contributed by atoms with Crippen molar-refractivity contribution in [2.24, 2.45) is 0 Å². The number of fused-ring (bicyclic) bond motifs is 1. The van der Waals surface area contributed by atoms with Gasteiger partial charge in [0.25, 0.3) is 0 Å². The number of ether oxygens (including phenoxy) is 2. The molecule has 0 saturated heterocycles. The number of rotatable bonds is 7. The van der Waals surface area contributed by atoms with Crippen LogP contribution in [0, 0.1) is 0 Å². The fourth-order valence-electron chi connectivity index (χ4n) is 2.91. The number of hydrogen-bond donors (Lipinski definition) is 0. The van der Waals surface area contributed by atoms with Crippen molar-refractivity contribution in [2.45, 2.75) is 32.8 Å². The van der Waals surface area contributed by atoms with Crippen molar-refractivity contribution in [3.63, 3.8) is 0 Å². The van der Waals surface area contributed by atoms with E-state index in [2.05, 4.69) is 6.92 Å². The quantitative estimate of drug-likeness (QED) is 0.459. The van der Waals surface area contributed by atoms with Crippen LogP contribution in [0.2, 0.25) is 0 Å². The Balaban J connectivity index is 1.65. The van der Waals surface area contributed by atoms with Crippen LogP contribution in [0.3, 0.4) is 0 Å². The minimum absolute atomic E-state index is 0.0335. The molecule has 0 unspecified atom stereocenters. The second-order valence-corrected chi connectivity index (χ2v) is 6.35. The molecule has 2 aromatic carbocycles. The van der Waals surface area contributed by atoms with Gasteiger partial charge in [-0.3, -0.25) is 9.59 Å². The summed E-state index contributed by atoms with van der Waals surface area (Å²) in [5.41, 5.74) is 3.04. The predicted molar refractivity (Wildman–Crippen MR) is 102 cm³/mol. The van der Waals surface area contributed by atoms with Crippen molar-refractivity contribution in [2.75, 3.05) is 7.11 Å². The molecule has 0 aliphatic heterocycles. The fraction of sp³-hybridized carbons (Fsp3) is 0.273. The monoisotopic (exact) mass is 366 g/mol. The van der Waals surface area contributed by atoms with Gasteiger partial charge in [0, 0.05) is 22.6 Å². The minimum atomic E-state index is -0.844. The van der Waals surface area contributed by atoms with Crippen LogP contribution in [0.4, 0.5) is 0 Å². The van der Waals surface area contributed by atoms with E-state index in [4.69, 9.17) is 13.9 Å². The molecule has 1 heterocycles. The van der Waals surface area contributed by atoms with E-state index in [0.29, 0.717) is 22.5 Å². The topological polar surface area (TPSA) is 65.7 Å². The van der Waals surface area contributed by atoms with Crippen LogP contribution in [0.25, 0.3) is 11.0 Å². The van der Waals surface area contributed by atoms with Gasteiger partial charge in [0.15, 0.2) is 6.10 Å². The number of esters is 1. The molecule has 0 saturated carbocycles. The van der Waals surface area contributed by atoms with E-state index in [1.807, 2.05) is 18.2 Å². The lowest BCUT2D eigenvalue weighted by molar-refractivity contribution is -0.145. The van der Waals surface area contributed by atoms with Gasteiger partial charge in [0.2, 0.25) is 5.78 Å². The highest BCUT2D eigenvalue weighted by Gasteiger charge is 2.20. The normalized spacial score (nSPS) is 12.0. The third-order valence-electron chi connectivity index (χ3n) is 4.52. The zero-order valence-corrected chi connectivity index (χ0v) is 15.7. The van der Waals surface area contributed by atoms with Gasteiger partial charge < -0.3 is 13.9 Å². The van der Waals surface area contributed by atoms with E-state index in [1.54, 1.807) is 38.3 Å². The number of aryl methyl sites for hydroxylation is 1. The van der Waals surface area contributed by atoms with E-state index in [-0.39, 0.29) is 12.2 Å². The van der Waals surface area contributed by atoms with Crippen molar-refractivity contribution < 1.29 is 23.5 Å². The first-order chi connectivity index (χ1) is 13.0. The lowest BCUT2D eigenvalue weighted by Crippen LogP contribution is -2.25. The molecule has 1 atom stereocenters. The number of benzene rings is 2. The number of ketones is 1. The number of carbonyl (C=O) groups excluding carboxylic acids is 2. The fourth-order valence-corrected chi connectivity index (χ4v) is 2.91. The first-order valence-electron chi connectivity index (χ1n) is 8.88. The summed E-state index contributed by atoms with van der Waals surface area (Å²) in [6.45, 7) is 3.64. The molecule has 140 valence electrons. The molecule has 0 fully saturated rings. The summed E-state index contributed by atoms with van der Waals surface area (Å²) in [6, 6.07) is 12.8. The number of carbonyl (C=O) groups is 2. The molecular weight excluding hydrogens is 344 g/mol. The molecule has 5 heteroatoms. The summed E-state index contributed by atoms with van der Waals surface area (Å²) in [4.78, 5) is 24.7. The first kappa shape index (κ1) is 18.7. The Kier molecular flexibility index (Phi) is 5.60. The molecule has 0 aliphatic rings. The van der Waals surface area contributed by atoms with Gasteiger partial charge in [-0.15, -0.1) is 0 Å². The molecule has 3 aromatic rings. The van der Waals surface area contributed by atoms with Crippen molar-refractivity contribution >= 4 is 22.7 Å². The highest BCUT2D eigenvalue weighted by atomic mass is 16.5. The Labute approximate surface area is 157 Å². The predicted octanol–water partition coefficient (Wildman–Crippen LogP) is 4.36. The highest BCUT2D eigenvalue weighted by Crippen LogP contribution is 2.26. The van der Waals surface area contributed by atoms with Crippen LogP contribution in [0.5, 0.6) is 5.75 Å². The van der Waals surface area contributed by atoms with Crippen LogP contribution in [-0.2, 0) is 22.4 Å². The van der Waals surface area contributed by atoms with Gasteiger partial charge in [-0.1, -0.05) is 31.2 Å². The first-order valence-corrected chi connectivity index (χ1v) is 8.88. The van der Waals surface area contributed by atoms with E-state index < -0.39 is 12.1 Å². The molecule has 0 spiro atoms. The van der Waals surface area contributed by atoms with Gasteiger partial charge in [0.1, 0.15) is 11.3 Å². The minimum Gasteiger partial charge on any atom is -0.497 e. The van der Waals surface area contributed by atoms with Gasteiger partial charge in [-0.05, 0) is 31.0 Å². The van der Waals surface area contributed by atoms with E-state index in [0.717, 1.165) is 17.4 Å². The average Bonchev–Trinajstić information content (AvgIpc) is 3.09. The Morgan fingerprint density at radius 3 is 2.52 bits per heavy atom. The zero-order chi connectivity index (χ0) is 19.4. The van der Waals surface area contributed by atoms with Gasteiger partial charge in [-0.25, -0.2) is 0 Å². The van der Waals surface area contributed by atoms with Crippen molar-refractivity contribution in [3.05, 3.63) is 65.4 Å². The summed E-state index contributed by atoms with van der Waals surface area (Å²) in [7, 11) is 1.58. The Morgan fingerprint density at radius 1 is 1.11 bits per heavy atom. The molecule has 5 nitrogen and oxygen atoms in total. The number of hydrogen-bond acceptors (Lipinski definition) is 5. The largest absolute Gasteiger partial charge is 0.497 e. The van der Waals surface area contributed by atoms with E-state index >= 15 is 0 Å². The third-order valence-corrected chi connectivity index (χ3v) is 4.52. The van der Waals surface area contributed by atoms with Crippen molar-refractivity contribution in [1.82, 2.24) is 0 Å². The second-order valence-electron chi connectivity index (χ2n) is 6.35. The maximum Gasteiger partial charge on any atom is 0.311 e. The van der Waals surface area contributed by atoms with Crippen LogP contribution >= 0.6 is 0 Å². The van der Waals surface area contributed by atoms with Crippen molar-refractivity contribution in [3.8, 4) is 5.75 Å². The highest BCUT2D eigenvalue weighted by molar-refractivity contribution is 6.00. The lowest BCUT2D eigenvalue weighted by atomic mass is 10.0. The summed E-state index contributed by atoms with van der Waals surface area (Å²) >= 11 is 0. The number of furan rings is 1. The Bertz CT molecular complexity index is 952. The molecule has 0 aliphatic carbocycles. The molecule has 3 rings (SSSR count). The van der Waals surface area contributed by atoms with Crippen LogP contribution in [0.15, 0.2) is 53.1 Å². The third kappa shape index (κ3) is 4.19. The van der Waals surface area contributed by atoms with Crippen LogP contribution < -0.4 is 4.74 Å². The zero-order valence-electron chi connectivity index (χ0n) is 15.7. The van der Waals surface area contributed by atoms with E-state index in [9.17, 15) is 9.59 Å². The average molecular weight is 366 g/mol. The molecule has 27 heavy (non-hydrogen) atoms. The van der Waals surface area contributed by atoms with Gasteiger partial charge >= 0.3 is 5.97 Å². The van der Waals surface area contributed by atoms with Crippen LogP contribution in [-0.4, -0.2) is 25.0 Å². The van der Waals surface area contributed by atoms with E-state index in [1.165, 1.54) is 6.26 Å². The maximum absolute atomic E-state index is 12.5. The second kappa shape index (κ2) is 8.08. The van der Waals surface area contributed by atoms with Crippen molar-refractivity contribution in [1.29, 1.82) is 0 Å². The molecule has 0 radical (unpaired) electrons. The molecule has 0 amide bonds. The lowest BCUT2D eigenvalue weighted by Gasteiger charge is -2.12. The SMILES string of the molecule is CCc1ccc(C(=O)[C@H](C)OC(=O)Cc2coc3cc(OC)ccc23)cc1. The Morgan fingerprint density at radius 2 is 1.85 bits per heavy atom. The Hall–Kier alpha value is -3.08.